The minimum absolute atomic E-state index is 0.109. The van der Waals surface area contributed by atoms with Crippen LogP contribution in [-0.4, -0.2) is 24.7 Å². The first-order chi connectivity index (χ1) is 16.8. The van der Waals surface area contributed by atoms with Crippen molar-refractivity contribution >= 4 is 22.5 Å². The molecule has 0 aliphatic carbocycles. The summed E-state index contributed by atoms with van der Waals surface area (Å²) in [5.74, 6) is 0.568. The lowest BCUT2D eigenvalue weighted by Gasteiger charge is -2.38. The third-order valence-electron chi connectivity index (χ3n) is 6.92. The van der Waals surface area contributed by atoms with E-state index in [4.69, 9.17) is 16.6 Å². The van der Waals surface area contributed by atoms with Crippen molar-refractivity contribution in [2.45, 2.75) is 44.8 Å². The van der Waals surface area contributed by atoms with Crippen LogP contribution in [0.4, 0.5) is 4.39 Å². The van der Waals surface area contributed by atoms with Crippen LogP contribution in [-0.2, 0) is 12.0 Å². The van der Waals surface area contributed by atoms with E-state index in [1.54, 1.807) is 12.1 Å². The molecule has 0 radical (unpaired) electrons. The quantitative estimate of drug-likeness (QED) is 0.279. The first-order valence-corrected chi connectivity index (χ1v) is 12.1. The van der Waals surface area contributed by atoms with Gasteiger partial charge in [-0.3, -0.25) is 10.00 Å². The third-order valence-corrected chi connectivity index (χ3v) is 7.16. The molecule has 1 aliphatic rings. The molecule has 35 heavy (non-hydrogen) atoms. The van der Waals surface area contributed by atoms with Crippen LogP contribution in [0.5, 0.6) is 0 Å². The van der Waals surface area contributed by atoms with Crippen LogP contribution < -0.4 is 5.32 Å². The minimum atomic E-state index is -0.482. The van der Waals surface area contributed by atoms with Gasteiger partial charge in [0.05, 0.1) is 29.7 Å². The summed E-state index contributed by atoms with van der Waals surface area (Å²) in [5, 5.41) is 10.3. The average Bonchev–Trinajstić information content (AvgIpc) is 3.57. The summed E-state index contributed by atoms with van der Waals surface area (Å²) < 4.78 is 15.4. The van der Waals surface area contributed by atoms with Crippen LogP contribution in [0.2, 0.25) is 5.02 Å². The number of hydrogen-bond acceptors (Lipinski definition) is 3. The van der Waals surface area contributed by atoms with Crippen LogP contribution in [0.15, 0.2) is 61.1 Å². The number of H-pyrrole nitrogens is 2. The summed E-state index contributed by atoms with van der Waals surface area (Å²) in [5.41, 5.74) is 5.71. The molecule has 3 N–H and O–H groups in total. The maximum absolute atomic E-state index is 13.4. The van der Waals surface area contributed by atoms with Crippen LogP contribution in [0, 0.1) is 5.82 Å². The highest BCUT2D eigenvalue weighted by atomic mass is 35.5. The van der Waals surface area contributed by atoms with Gasteiger partial charge < -0.3 is 9.97 Å². The molecule has 4 heterocycles. The van der Waals surface area contributed by atoms with Crippen molar-refractivity contribution in [3.8, 4) is 11.3 Å². The number of halogens is 2. The van der Waals surface area contributed by atoms with E-state index in [9.17, 15) is 4.39 Å². The fourth-order valence-corrected chi connectivity index (χ4v) is 5.22. The molecule has 6 rings (SSSR count). The monoisotopic (exact) mass is 488 g/mol. The molecule has 2 atom stereocenters. The highest BCUT2D eigenvalue weighted by molar-refractivity contribution is 6.31. The van der Waals surface area contributed by atoms with Crippen molar-refractivity contribution in [3.63, 3.8) is 0 Å². The number of aromatic amines is 2. The van der Waals surface area contributed by atoms with Gasteiger partial charge in [-0.2, -0.15) is 5.10 Å². The van der Waals surface area contributed by atoms with Crippen LogP contribution >= 0.6 is 11.6 Å². The van der Waals surface area contributed by atoms with E-state index in [0.29, 0.717) is 5.02 Å². The standard InChI is InChI=1S/C27H26ClFN6/c1-15(2)35-14-17(12-31-35)24-25-21(20-9-6-18(28)10-22(20)32-25)11-27(3,34-24)26-30-13-23(33-26)16-4-7-19(29)8-5-16/h4-10,12-15,24,32,34H,11H2,1-3H3,(H,30,33)/t24?,27-/m1/s1. The lowest BCUT2D eigenvalue weighted by Crippen LogP contribution is -2.48. The van der Waals surface area contributed by atoms with Gasteiger partial charge in [-0.05, 0) is 68.3 Å². The van der Waals surface area contributed by atoms with E-state index in [2.05, 4.69) is 53.4 Å². The second kappa shape index (κ2) is 8.07. The van der Waals surface area contributed by atoms with Crippen molar-refractivity contribution < 1.29 is 4.39 Å². The third kappa shape index (κ3) is 3.75. The molecule has 8 heteroatoms. The SMILES string of the molecule is CC(C)n1cc(C2N[C@@](C)(c3ncc(-c4ccc(F)cc4)[nH]3)Cc3c2[nH]c2cc(Cl)ccc32)cn1. The Labute approximate surface area is 207 Å². The molecule has 2 aromatic carbocycles. The molecular weight excluding hydrogens is 463 g/mol. The molecule has 0 spiro atoms. The van der Waals surface area contributed by atoms with Gasteiger partial charge in [0.15, 0.2) is 0 Å². The molecule has 3 aromatic heterocycles. The molecule has 0 bridgehead atoms. The fraction of sp³-hybridized carbons (Fsp3) is 0.259. The minimum Gasteiger partial charge on any atom is -0.357 e. The van der Waals surface area contributed by atoms with Gasteiger partial charge in [0.25, 0.3) is 0 Å². The second-order valence-corrected chi connectivity index (χ2v) is 10.2. The normalized spacial score (nSPS) is 20.0. The summed E-state index contributed by atoms with van der Waals surface area (Å²) in [7, 11) is 0. The topological polar surface area (TPSA) is 74.3 Å². The molecule has 6 nitrogen and oxygen atoms in total. The summed E-state index contributed by atoms with van der Waals surface area (Å²) in [4.78, 5) is 11.9. The lowest BCUT2D eigenvalue weighted by atomic mass is 9.82. The molecule has 0 saturated heterocycles. The molecule has 5 aromatic rings. The van der Waals surface area contributed by atoms with Crippen molar-refractivity contribution in [1.82, 2.24) is 30.0 Å². The zero-order valence-corrected chi connectivity index (χ0v) is 20.5. The number of fused-ring (bicyclic) bond motifs is 3. The number of nitrogens with zero attached hydrogens (tertiary/aromatic N) is 3. The largest absolute Gasteiger partial charge is 0.357 e. The average molecular weight is 489 g/mol. The molecule has 178 valence electrons. The van der Waals surface area contributed by atoms with Crippen LogP contribution in [0.25, 0.3) is 22.2 Å². The van der Waals surface area contributed by atoms with Gasteiger partial charge in [0, 0.05) is 45.8 Å². The number of benzene rings is 2. The van der Waals surface area contributed by atoms with Gasteiger partial charge in [0.2, 0.25) is 0 Å². The predicted molar refractivity (Wildman–Crippen MR) is 136 cm³/mol. The number of hydrogen-bond donors (Lipinski definition) is 3. The Bertz CT molecular complexity index is 1530. The summed E-state index contributed by atoms with van der Waals surface area (Å²) >= 11 is 6.31. The van der Waals surface area contributed by atoms with E-state index < -0.39 is 5.54 Å². The fourth-order valence-electron chi connectivity index (χ4n) is 5.04. The van der Waals surface area contributed by atoms with E-state index in [1.807, 2.05) is 29.2 Å². The summed E-state index contributed by atoms with van der Waals surface area (Å²) in [6.07, 6.45) is 6.57. The lowest BCUT2D eigenvalue weighted by molar-refractivity contribution is 0.296. The van der Waals surface area contributed by atoms with Crippen molar-refractivity contribution in [2.75, 3.05) is 0 Å². The molecule has 1 aliphatic heterocycles. The molecule has 0 fully saturated rings. The Balaban J connectivity index is 1.46. The molecule has 1 unspecified atom stereocenters. The Hall–Kier alpha value is -3.42. The highest BCUT2D eigenvalue weighted by Gasteiger charge is 2.41. The zero-order chi connectivity index (χ0) is 24.3. The molecular formula is C27H26ClFN6. The smallest absolute Gasteiger partial charge is 0.126 e. The van der Waals surface area contributed by atoms with E-state index in [0.717, 1.165) is 45.7 Å². The molecule has 0 amide bonds. The first-order valence-electron chi connectivity index (χ1n) is 11.7. The Morgan fingerprint density at radius 3 is 2.66 bits per heavy atom. The van der Waals surface area contributed by atoms with E-state index >= 15 is 0 Å². The Morgan fingerprint density at radius 2 is 1.91 bits per heavy atom. The van der Waals surface area contributed by atoms with Gasteiger partial charge in [-0.1, -0.05) is 17.7 Å². The van der Waals surface area contributed by atoms with Gasteiger partial charge in [-0.15, -0.1) is 0 Å². The number of nitrogens with one attached hydrogen (secondary N) is 3. The first kappa shape index (κ1) is 22.1. The van der Waals surface area contributed by atoms with Gasteiger partial charge >= 0.3 is 0 Å². The van der Waals surface area contributed by atoms with Crippen LogP contribution in [0.3, 0.4) is 0 Å². The van der Waals surface area contributed by atoms with Crippen LogP contribution in [0.1, 0.15) is 55.5 Å². The van der Waals surface area contributed by atoms with E-state index in [-0.39, 0.29) is 17.9 Å². The summed E-state index contributed by atoms with van der Waals surface area (Å²) in [6.45, 7) is 6.40. The maximum Gasteiger partial charge on any atom is 0.126 e. The second-order valence-electron chi connectivity index (χ2n) is 9.79. The van der Waals surface area contributed by atoms with Gasteiger partial charge in [0.1, 0.15) is 11.6 Å². The highest BCUT2D eigenvalue weighted by Crippen LogP contribution is 2.42. The number of imidazole rings is 1. The number of aromatic nitrogens is 5. The van der Waals surface area contributed by atoms with Gasteiger partial charge in [-0.25, -0.2) is 9.37 Å². The zero-order valence-electron chi connectivity index (χ0n) is 19.7. The van der Waals surface area contributed by atoms with E-state index in [1.165, 1.54) is 17.7 Å². The number of rotatable bonds is 4. The predicted octanol–water partition coefficient (Wildman–Crippen LogP) is 6.28. The molecule has 0 saturated carbocycles. The van der Waals surface area contributed by atoms with Crippen molar-refractivity contribution in [2.24, 2.45) is 0 Å². The Kier molecular flexibility index (Phi) is 5.09. The Morgan fingerprint density at radius 1 is 1.11 bits per heavy atom. The van der Waals surface area contributed by atoms with Crippen molar-refractivity contribution in [3.05, 3.63) is 94.5 Å². The summed E-state index contributed by atoms with van der Waals surface area (Å²) in [6, 6.07) is 12.6. The van der Waals surface area contributed by atoms with Crippen molar-refractivity contribution in [1.29, 1.82) is 0 Å². The maximum atomic E-state index is 13.4.